The van der Waals surface area contributed by atoms with E-state index in [0.29, 0.717) is 23.0 Å². The van der Waals surface area contributed by atoms with Crippen LogP contribution in [-0.2, 0) is 4.79 Å². The highest BCUT2D eigenvalue weighted by Gasteiger charge is 2.61. The second-order valence-electron chi connectivity index (χ2n) is 9.38. The lowest BCUT2D eigenvalue weighted by molar-refractivity contribution is -0.140. The standard InChI is InChI=1S/C20H32O/c1-13-12-17(21)20(3)11-9-16-15(18(13)20)8-7-14-6-4-5-10-19(14,16)2/h13-16,18H,4-12H2,1-3H3/t13?,14-,15-,16+,18+,19+,20-/m1/s1. The van der Waals surface area contributed by atoms with Gasteiger partial charge >= 0.3 is 0 Å². The molecule has 118 valence electrons. The Morgan fingerprint density at radius 1 is 1.00 bits per heavy atom. The highest BCUT2D eigenvalue weighted by atomic mass is 16.1. The van der Waals surface area contributed by atoms with Crippen molar-refractivity contribution < 1.29 is 4.79 Å². The van der Waals surface area contributed by atoms with E-state index >= 15 is 0 Å². The van der Waals surface area contributed by atoms with Gasteiger partial charge in [0, 0.05) is 11.8 Å². The van der Waals surface area contributed by atoms with E-state index < -0.39 is 0 Å². The Hall–Kier alpha value is -0.330. The van der Waals surface area contributed by atoms with Gasteiger partial charge in [0.1, 0.15) is 5.78 Å². The third kappa shape index (κ3) is 1.78. The molecule has 1 heteroatoms. The van der Waals surface area contributed by atoms with Gasteiger partial charge in [-0.05, 0) is 73.5 Å². The maximum absolute atomic E-state index is 12.6. The number of hydrogen-bond acceptors (Lipinski definition) is 1. The molecule has 0 radical (unpaired) electrons. The summed E-state index contributed by atoms with van der Waals surface area (Å²) in [6.07, 6.45) is 12.1. The summed E-state index contributed by atoms with van der Waals surface area (Å²) in [4.78, 5) is 12.6. The van der Waals surface area contributed by atoms with E-state index in [1.165, 1.54) is 51.4 Å². The zero-order valence-electron chi connectivity index (χ0n) is 14.2. The summed E-state index contributed by atoms with van der Waals surface area (Å²) in [5, 5.41) is 0. The van der Waals surface area contributed by atoms with Crippen molar-refractivity contribution in [1.82, 2.24) is 0 Å². The van der Waals surface area contributed by atoms with Gasteiger partial charge in [0.05, 0.1) is 0 Å². The van der Waals surface area contributed by atoms with Crippen molar-refractivity contribution in [2.45, 2.75) is 78.6 Å². The molecule has 1 nitrogen and oxygen atoms in total. The molecule has 0 heterocycles. The average molecular weight is 288 g/mol. The van der Waals surface area contributed by atoms with Gasteiger partial charge < -0.3 is 0 Å². The predicted octanol–water partition coefficient (Wildman–Crippen LogP) is 5.23. The Balaban J connectivity index is 1.69. The smallest absolute Gasteiger partial charge is 0.139 e. The molecule has 0 aliphatic heterocycles. The molecule has 0 bridgehead atoms. The molecule has 4 aliphatic carbocycles. The lowest BCUT2D eigenvalue weighted by Crippen LogP contribution is -2.53. The summed E-state index contributed by atoms with van der Waals surface area (Å²) in [6, 6.07) is 0. The van der Waals surface area contributed by atoms with Crippen LogP contribution in [0.15, 0.2) is 0 Å². The Morgan fingerprint density at radius 3 is 2.62 bits per heavy atom. The van der Waals surface area contributed by atoms with Crippen molar-refractivity contribution in [3.63, 3.8) is 0 Å². The third-order valence-electron chi connectivity index (χ3n) is 8.59. The molecule has 1 unspecified atom stereocenters. The molecule has 21 heavy (non-hydrogen) atoms. The number of rotatable bonds is 0. The van der Waals surface area contributed by atoms with E-state index in [0.717, 1.165) is 24.2 Å². The molecule has 0 spiro atoms. The summed E-state index contributed by atoms with van der Waals surface area (Å²) >= 11 is 0. The number of fused-ring (bicyclic) bond motifs is 5. The second kappa shape index (κ2) is 4.59. The van der Waals surface area contributed by atoms with E-state index in [1.807, 2.05) is 0 Å². The molecule has 4 aliphatic rings. The van der Waals surface area contributed by atoms with Crippen LogP contribution in [0.1, 0.15) is 78.6 Å². The van der Waals surface area contributed by atoms with Gasteiger partial charge in [0.2, 0.25) is 0 Å². The first-order chi connectivity index (χ1) is 9.97. The van der Waals surface area contributed by atoms with Crippen LogP contribution in [0.5, 0.6) is 0 Å². The zero-order valence-corrected chi connectivity index (χ0v) is 14.2. The van der Waals surface area contributed by atoms with E-state index in [2.05, 4.69) is 20.8 Å². The monoisotopic (exact) mass is 288 g/mol. The van der Waals surface area contributed by atoms with E-state index in [-0.39, 0.29) is 5.41 Å². The van der Waals surface area contributed by atoms with E-state index in [9.17, 15) is 4.79 Å². The zero-order chi connectivity index (χ0) is 14.8. The van der Waals surface area contributed by atoms with E-state index in [4.69, 9.17) is 0 Å². The van der Waals surface area contributed by atoms with Crippen molar-refractivity contribution >= 4 is 5.78 Å². The molecule has 4 rings (SSSR count). The van der Waals surface area contributed by atoms with Crippen molar-refractivity contribution in [3.05, 3.63) is 0 Å². The van der Waals surface area contributed by atoms with Gasteiger partial charge in [-0.2, -0.15) is 0 Å². The maximum Gasteiger partial charge on any atom is 0.139 e. The Morgan fingerprint density at radius 2 is 1.81 bits per heavy atom. The van der Waals surface area contributed by atoms with Crippen LogP contribution in [0.2, 0.25) is 0 Å². The topological polar surface area (TPSA) is 17.1 Å². The van der Waals surface area contributed by atoms with Crippen LogP contribution in [0.3, 0.4) is 0 Å². The van der Waals surface area contributed by atoms with Crippen LogP contribution in [0, 0.1) is 40.4 Å². The molecule has 0 N–H and O–H groups in total. The van der Waals surface area contributed by atoms with Crippen molar-refractivity contribution in [2.75, 3.05) is 0 Å². The molecular weight excluding hydrogens is 256 g/mol. The largest absolute Gasteiger partial charge is 0.299 e. The Labute approximate surface area is 130 Å². The number of Topliss-reactive ketones (excluding diaryl/α,β-unsaturated/α-hetero) is 1. The fourth-order valence-corrected chi connectivity index (χ4v) is 7.57. The molecule has 4 saturated carbocycles. The van der Waals surface area contributed by atoms with Crippen molar-refractivity contribution in [3.8, 4) is 0 Å². The van der Waals surface area contributed by atoms with E-state index in [1.54, 1.807) is 0 Å². The van der Waals surface area contributed by atoms with Crippen LogP contribution in [0.4, 0.5) is 0 Å². The quantitative estimate of drug-likeness (QED) is 0.596. The summed E-state index contributed by atoms with van der Waals surface area (Å²) < 4.78 is 0. The summed E-state index contributed by atoms with van der Waals surface area (Å²) in [5.41, 5.74) is 0.645. The van der Waals surface area contributed by atoms with Crippen LogP contribution in [-0.4, -0.2) is 5.78 Å². The fraction of sp³-hybridized carbons (Fsp3) is 0.950. The minimum atomic E-state index is 0.0401. The van der Waals surface area contributed by atoms with Crippen molar-refractivity contribution in [1.29, 1.82) is 0 Å². The number of ketones is 1. The third-order valence-corrected chi connectivity index (χ3v) is 8.59. The minimum absolute atomic E-state index is 0.0401. The molecule has 0 aromatic heterocycles. The van der Waals surface area contributed by atoms with Gasteiger partial charge in [-0.3, -0.25) is 4.79 Å². The summed E-state index contributed by atoms with van der Waals surface area (Å²) in [6.45, 7) is 7.30. The molecular formula is C20H32O. The van der Waals surface area contributed by atoms with Crippen LogP contribution < -0.4 is 0 Å². The fourth-order valence-electron chi connectivity index (χ4n) is 7.57. The highest BCUT2D eigenvalue weighted by molar-refractivity contribution is 5.87. The van der Waals surface area contributed by atoms with Gasteiger partial charge in [-0.25, -0.2) is 0 Å². The Kier molecular flexibility index (Phi) is 3.12. The summed E-state index contributed by atoms with van der Waals surface area (Å²) in [7, 11) is 0. The molecule has 7 atom stereocenters. The maximum atomic E-state index is 12.6. The highest BCUT2D eigenvalue weighted by Crippen LogP contribution is 2.66. The SMILES string of the molecule is CC1CC(=O)[C@@]2(C)CC[C@H]3[C@@H](CC[C@H]4CCCC[C@@]43C)[C@H]12. The van der Waals surface area contributed by atoms with Crippen molar-refractivity contribution in [2.24, 2.45) is 40.4 Å². The first-order valence-corrected chi connectivity index (χ1v) is 9.50. The van der Waals surface area contributed by atoms with Crippen LogP contribution in [0.25, 0.3) is 0 Å². The normalized spacial score (nSPS) is 56.5. The molecule has 0 amide bonds. The Bertz CT molecular complexity index is 455. The van der Waals surface area contributed by atoms with Gasteiger partial charge in [0.15, 0.2) is 0 Å². The van der Waals surface area contributed by atoms with Gasteiger partial charge in [-0.1, -0.05) is 33.6 Å². The number of carbonyl (C=O) groups excluding carboxylic acids is 1. The molecule has 0 aromatic carbocycles. The minimum Gasteiger partial charge on any atom is -0.299 e. The first kappa shape index (κ1) is 14.3. The van der Waals surface area contributed by atoms with Gasteiger partial charge in [0.25, 0.3) is 0 Å². The second-order valence-corrected chi connectivity index (χ2v) is 9.38. The molecule has 0 aromatic rings. The summed E-state index contributed by atoms with van der Waals surface area (Å²) in [5.74, 6) is 4.69. The van der Waals surface area contributed by atoms with Gasteiger partial charge in [-0.15, -0.1) is 0 Å². The lowest BCUT2D eigenvalue weighted by atomic mass is 9.45. The lowest BCUT2D eigenvalue weighted by Gasteiger charge is -2.60. The number of hydrogen-bond donors (Lipinski definition) is 0. The van der Waals surface area contributed by atoms with Crippen LogP contribution >= 0.6 is 0 Å². The average Bonchev–Trinajstić information content (AvgIpc) is 2.68. The number of carbonyl (C=O) groups is 1. The predicted molar refractivity (Wildman–Crippen MR) is 85.9 cm³/mol. The molecule has 4 fully saturated rings. The molecule has 0 saturated heterocycles. The first-order valence-electron chi connectivity index (χ1n) is 9.50.